The van der Waals surface area contributed by atoms with Crippen LogP contribution in [0, 0.1) is 0 Å². The number of nitrogens with zero attached hydrogens (tertiary/aromatic N) is 1. The van der Waals surface area contributed by atoms with E-state index in [2.05, 4.69) is 18.7 Å². The highest BCUT2D eigenvalue weighted by molar-refractivity contribution is 4.78. The molecule has 1 aliphatic heterocycles. The molecule has 0 aromatic carbocycles. The Balaban J connectivity index is 2.15. The molecular formula is C11H23NO2. The molecule has 0 amide bonds. The van der Waals surface area contributed by atoms with Gasteiger partial charge in [-0.25, -0.2) is 0 Å². The highest BCUT2D eigenvalue weighted by atomic mass is 16.5. The summed E-state index contributed by atoms with van der Waals surface area (Å²) in [6.45, 7) is 8.12. The van der Waals surface area contributed by atoms with Crippen molar-refractivity contribution in [3.8, 4) is 0 Å². The van der Waals surface area contributed by atoms with Gasteiger partial charge in [-0.05, 0) is 33.2 Å². The van der Waals surface area contributed by atoms with Crippen molar-refractivity contribution < 1.29 is 9.47 Å². The largest absolute Gasteiger partial charge is 0.383 e. The van der Waals surface area contributed by atoms with Gasteiger partial charge in [-0.1, -0.05) is 0 Å². The lowest BCUT2D eigenvalue weighted by atomic mass is 10.2. The lowest BCUT2D eigenvalue weighted by molar-refractivity contribution is 0.0447. The predicted octanol–water partition coefficient (Wildman–Crippen LogP) is 1.52. The van der Waals surface area contributed by atoms with Crippen LogP contribution in [0.4, 0.5) is 0 Å². The first kappa shape index (κ1) is 12.0. The van der Waals surface area contributed by atoms with Gasteiger partial charge in [0.2, 0.25) is 0 Å². The first-order valence-electron chi connectivity index (χ1n) is 5.58. The molecule has 0 spiro atoms. The molecular weight excluding hydrogens is 178 g/mol. The highest BCUT2D eigenvalue weighted by Crippen LogP contribution is 2.16. The fourth-order valence-corrected chi connectivity index (χ4v) is 1.98. The van der Waals surface area contributed by atoms with Crippen molar-refractivity contribution in [1.82, 2.24) is 4.90 Å². The van der Waals surface area contributed by atoms with Crippen LogP contribution in [0.3, 0.4) is 0 Å². The third kappa shape index (κ3) is 3.95. The summed E-state index contributed by atoms with van der Waals surface area (Å²) in [7, 11) is 1.78. The van der Waals surface area contributed by atoms with E-state index < -0.39 is 0 Å². The maximum absolute atomic E-state index is 5.55. The number of methoxy groups -OCH3 is 1. The molecule has 1 saturated heterocycles. The topological polar surface area (TPSA) is 21.7 Å². The second-order valence-corrected chi connectivity index (χ2v) is 4.21. The van der Waals surface area contributed by atoms with Crippen LogP contribution in [-0.4, -0.2) is 50.5 Å². The van der Waals surface area contributed by atoms with Crippen molar-refractivity contribution in [2.24, 2.45) is 0 Å². The average molecular weight is 201 g/mol. The van der Waals surface area contributed by atoms with Gasteiger partial charge in [0.15, 0.2) is 0 Å². The van der Waals surface area contributed by atoms with E-state index in [0.29, 0.717) is 12.1 Å². The zero-order chi connectivity index (χ0) is 10.4. The molecule has 1 aliphatic rings. The number of hydrogen-bond acceptors (Lipinski definition) is 3. The van der Waals surface area contributed by atoms with Gasteiger partial charge in [-0.15, -0.1) is 0 Å². The minimum Gasteiger partial charge on any atom is -0.383 e. The van der Waals surface area contributed by atoms with Crippen LogP contribution in [0.1, 0.15) is 26.7 Å². The Morgan fingerprint density at radius 1 is 1.43 bits per heavy atom. The smallest absolute Gasteiger partial charge is 0.0618 e. The Kier molecular flexibility index (Phi) is 5.45. The zero-order valence-electron chi connectivity index (χ0n) is 9.66. The van der Waals surface area contributed by atoms with Crippen LogP contribution in [0.15, 0.2) is 0 Å². The van der Waals surface area contributed by atoms with Crippen LogP contribution in [-0.2, 0) is 9.47 Å². The van der Waals surface area contributed by atoms with E-state index in [1.54, 1.807) is 7.11 Å². The van der Waals surface area contributed by atoms with Crippen LogP contribution in [0.5, 0.6) is 0 Å². The molecule has 0 aromatic rings. The molecule has 1 heterocycles. The van der Waals surface area contributed by atoms with E-state index in [9.17, 15) is 0 Å². The van der Waals surface area contributed by atoms with Gasteiger partial charge in [0, 0.05) is 19.7 Å². The van der Waals surface area contributed by atoms with Crippen molar-refractivity contribution >= 4 is 0 Å². The molecule has 0 N–H and O–H groups in total. The molecule has 1 rings (SSSR count). The van der Waals surface area contributed by atoms with Gasteiger partial charge in [-0.3, -0.25) is 4.90 Å². The highest BCUT2D eigenvalue weighted by Gasteiger charge is 2.23. The van der Waals surface area contributed by atoms with Crippen molar-refractivity contribution in [2.75, 3.05) is 33.4 Å². The van der Waals surface area contributed by atoms with E-state index in [4.69, 9.17) is 9.47 Å². The van der Waals surface area contributed by atoms with Gasteiger partial charge in [0.25, 0.3) is 0 Å². The maximum Gasteiger partial charge on any atom is 0.0618 e. The van der Waals surface area contributed by atoms with E-state index in [1.807, 2.05) is 0 Å². The Morgan fingerprint density at radius 3 is 2.86 bits per heavy atom. The van der Waals surface area contributed by atoms with Crippen molar-refractivity contribution in [3.05, 3.63) is 0 Å². The summed E-state index contributed by atoms with van der Waals surface area (Å²) in [5.74, 6) is 0. The Labute approximate surface area is 87.4 Å². The number of ether oxygens (including phenoxy) is 2. The molecule has 0 bridgehead atoms. The molecule has 1 fully saturated rings. The molecule has 0 saturated carbocycles. The fraction of sp³-hybridized carbons (Fsp3) is 1.00. The van der Waals surface area contributed by atoms with Crippen molar-refractivity contribution in [3.63, 3.8) is 0 Å². The second-order valence-electron chi connectivity index (χ2n) is 4.21. The monoisotopic (exact) mass is 201 g/mol. The minimum absolute atomic E-state index is 0.346. The second kappa shape index (κ2) is 6.38. The van der Waals surface area contributed by atoms with Crippen LogP contribution in [0.2, 0.25) is 0 Å². The normalized spacial score (nSPS) is 23.6. The summed E-state index contributed by atoms with van der Waals surface area (Å²) in [5.41, 5.74) is 0. The van der Waals surface area contributed by atoms with Crippen LogP contribution >= 0.6 is 0 Å². The molecule has 14 heavy (non-hydrogen) atoms. The molecule has 84 valence electrons. The summed E-state index contributed by atoms with van der Waals surface area (Å²) in [6, 6.07) is 0.621. The first-order valence-corrected chi connectivity index (χ1v) is 5.58. The molecule has 1 unspecified atom stereocenters. The SMILES string of the molecule is COCC1CCCN1CCOC(C)C. The fourth-order valence-electron chi connectivity index (χ4n) is 1.98. The third-order valence-electron chi connectivity index (χ3n) is 2.69. The molecule has 3 nitrogen and oxygen atoms in total. The summed E-state index contributed by atoms with van der Waals surface area (Å²) in [4.78, 5) is 2.48. The van der Waals surface area contributed by atoms with E-state index in [0.717, 1.165) is 19.8 Å². The van der Waals surface area contributed by atoms with Gasteiger partial charge < -0.3 is 9.47 Å². The number of hydrogen-bond donors (Lipinski definition) is 0. The van der Waals surface area contributed by atoms with Gasteiger partial charge in [-0.2, -0.15) is 0 Å². The molecule has 1 atom stereocenters. The quantitative estimate of drug-likeness (QED) is 0.650. The first-order chi connectivity index (χ1) is 6.74. The standard InChI is InChI=1S/C11H23NO2/c1-10(2)14-8-7-12-6-4-5-11(12)9-13-3/h10-11H,4-9H2,1-3H3. The van der Waals surface area contributed by atoms with Gasteiger partial charge in [0.05, 0.1) is 19.3 Å². The lowest BCUT2D eigenvalue weighted by Crippen LogP contribution is -2.35. The summed E-state index contributed by atoms with van der Waals surface area (Å²) >= 11 is 0. The minimum atomic E-state index is 0.346. The lowest BCUT2D eigenvalue weighted by Gasteiger charge is -2.23. The maximum atomic E-state index is 5.55. The molecule has 0 radical (unpaired) electrons. The van der Waals surface area contributed by atoms with Crippen molar-refractivity contribution in [2.45, 2.75) is 38.8 Å². The zero-order valence-corrected chi connectivity index (χ0v) is 9.66. The van der Waals surface area contributed by atoms with E-state index in [-0.39, 0.29) is 0 Å². The third-order valence-corrected chi connectivity index (χ3v) is 2.69. The summed E-state index contributed by atoms with van der Waals surface area (Å²) in [6.07, 6.45) is 2.92. The average Bonchev–Trinajstić information content (AvgIpc) is 2.53. The Morgan fingerprint density at radius 2 is 2.21 bits per heavy atom. The van der Waals surface area contributed by atoms with E-state index >= 15 is 0 Å². The Bertz CT molecular complexity index is 150. The van der Waals surface area contributed by atoms with Crippen molar-refractivity contribution in [1.29, 1.82) is 0 Å². The molecule has 0 aromatic heterocycles. The molecule has 0 aliphatic carbocycles. The van der Waals surface area contributed by atoms with Crippen LogP contribution in [0.25, 0.3) is 0 Å². The Hall–Kier alpha value is -0.120. The molecule has 3 heteroatoms. The predicted molar refractivity (Wildman–Crippen MR) is 57.6 cm³/mol. The van der Waals surface area contributed by atoms with Gasteiger partial charge in [0.1, 0.15) is 0 Å². The summed E-state index contributed by atoms with van der Waals surface area (Å²) < 4.78 is 10.7. The van der Waals surface area contributed by atoms with Crippen LogP contribution < -0.4 is 0 Å². The number of likely N-dealkylation sites (tertiary alicyclic amines) is 1. The van der Waals surface area contributed by atoms with E-state index in [1.165, 1.54) is 19.4 Å². The summed E-state index contributed by atoms with van der Waals surface area (Å²) in [5, 5.41) is 0. The number of rotatable bonds is 6. The van der Waals surface area contributed by atoms with Gasteiger partial charge >= 0.3 is 0 Å².